The maximum Gasteiger partial charge on any atom is 0.0618 e. The topological polar surface area (TPSA) is 29.5 Å². The molecule has 5 aliphatic rings. The van der Waals surface area contributed by atoms with Crippen LogP contribution in [-0.2, 0) is 4.74 Å². The van der Waals surface area contributed by atoms with Crippen molar-refractivity contribution < 1.29 is 9.84 Å². The van der Waals surface area contributed by atoms with Crippen molar-refractivity contribution in [3.8, 4) is 0 Å². The molecule has 1 N–H and O–H groups in total. The van der Waals surface area contributed by atoms with E-state index < -0.39 is 0 Å². The monoisotopic (exact) mass is 400 g/mol. The molecule has 1 heterocycles. The Balaban J connectivity index is 1.35. The van der Waals surface area contributed by atoms with Crippen LogP contribution in [0.25, 0.3) is 0 Å². The summed E-state index contributed by atoms with van der Waals surface area (Å²) >= 11 is 0. The standard InChI is InChI=1S/C27H44O2/c1-16(2)6-9-23-17(3)25-24(29-23)15-22-20-8-7-18-14-19(28)10-12-26(18,4)21(20)11-13-27(22,25)5/h17-25,28H,1,6-15H2,2-5H3/t17-,18?,19+,20-,21+,22+,23?,24?,25+,26+,27+/m1/s1. The Morgan fingerprint density at radius 2 is 1.79 bits per heavy atom. The van der Waals surface area contributed by atoms with E-state index in [1.807, 2.05) is 0 Å². The Labute approximate surface area is 178 Å². The average Bonchev–Trinajstić information content (AvgIpc) is 3.14. The van der Waals surface area contributed by atoms with Crippen LogP contribution in [0.3, 0.4) is 0 Å². The van der Waals surface area contributed by atoms with E-state index >= 15 is 0 Å². The van der Waals surface area contributed by atoms with E-state index in [9.17, 15) is 5.11 Å². The van der Waals surface area contributed by atoms with Gasteiger partial charge in [0.2, 0.25) is 0 Å². The fourth-order valence-corrected chi connectivity index (χ4v) is 9.64. The number of allylic oxidation sites excluding steroid dienone is 1. The third-order valence-corrected chi connectivity index (χ3v) is 11.1. The smallest absolute Gasteiger partial charge is 0.0618 e. The zero-order valence-corrected chi connectivity index (χ0v) is 19.3. The summed E-state index contributed by atoms with van der Waals surface area (Å²) in [5, 5.41) is 10.3. The van der Waals surface area contributed by atoms with Gasteiger partial charge >= 0.3 is 0 Å². The molecule has 0 aromatic carbocycles. The molecule has 1 saturated heterocycles. The maximum atomic E-state index is 10.3. The fourth-order valence-electron chi connectivity index (χ4n) is 9.64. The van der Waals surface area contributed by atoms with Crippen LogP contribution < -0.4 is 0 Å². The van der Waals surface area contributed by atoms with Crippen molar-refractivity contribution >= 4 is 0 Å². The summed E-state index contributed by atoms with van der Waals surface area (Å²) < 4.78 is 6.76. The molecular weight excluding hydrogens is 356 g/mol. The highest BCUT2D eigenvalue weighted by Gasteiger charge is 2.65. The summed E-state index contributed by atoms with van der Waals surface area (Å²) in [6, 6.07) is 0. The van der Waals surface area contributed by atoms with Gasteiger partial charge in [-0.2, -0.15) is 0 Å². The molecule has 1 aliphatic heterocycles. The molecule has 5 rings (SSSR count). The molecule has 11 atom stereocenters. The maximum absolute atomic E-state index is 10.3. The summed E-state index contributed by atoms with van der Waals surface area (Å²) in [6.07, 6.45) is 13.5. The van der Waals surface area contributed by atoms with Crippen molar-refractivity contribution in [2.75, 3.05) is 0 Å². The Hall–Kier alpha value is -0.340. The highest BCUT2D eigenvalue weighted by molar-refractivity contribution is 5.14. The minimum absolute atomic E-state index is 0.0327. The van der Waals surface area contributed by atoms with E-state index in [2.05, 4.69) is 34.3 Å². The summed E-state index contributed by atoms with van der Waals surface area (Å²) in [4.78, 5) is 0. The van der Waals surface area contributed by atoms with Crippen LogP contribution in [-0.4, -0.2) is 23.4 Å². The molecule has 5 fully saturated rings. The Kier molecular flexibility index (Phi) is 5.03. The number of aliphatic hydroxyl groups excluding tert-OH is 1. The van der Waals surface area contributed by atoms with Gasteiger partial charge < -0.3 is 9.84 Å². The van der Waals surface area contributed by atoms with Crippen molar-refractivity contribution in [1.29, 1.82) is 0 Å². The van der Waals surface area contributed by atoms with Crippen molar-refractivity contribution in [2.45, 2.75) is 110 Å². The largest absolute Gasteiger partial charge is 0.393 e. The SMILES string of the molecule is C=C(C)CCC1OC2C[C@H]3[C@@H]4CCC5C[C@@H](O)CC[C@]5(C)[C@H]4CC[C@]3(C)[C@H]2[C@@H]1C. The van der Waals surface area contributed by atoms with Crippen molar-refractivity contribution in [3.63, 3.8) is 0 Å². The molecule has 2 heteroatoms. The van der Waals surface area contributed by atoms with Crippen LogP contribution in [0, 0.1) is 46.3 Å². The van der Waals surface area contributed by atoms with Crippen LogP contribution in [0.2, 0.25) is 0 Å². The molecule has 2 nitrogen and oxygen atoms in total. The van der Waals surface area contributed by atoms with Gasteiger partial charge in [0.15, 0.2) is 0 Å². The van der Waals surface area contributed by atoms with Gasteiger partial charge in [0.1, 0.15) is 0 Å². The van der Waals surface area contributed by atoms with E-state index in [0.717, 1.165) is 48.9 Å². The van der Waals surface area contributed by atoms with Gasteiger partial charge in [0.25, 0.3) is 0 Å². The first-order chi connectivity index (χ1) is 13.7. The quantitative estimate of drug-likeness (QED) is 0.557. The van der Waals surface area contributed by atoms with Crippen molar-refractivity contribution in [3.05, 3.63) is 12.2 Å². The zero-order valence-electron chi connectivity index (χ0n) is 19.3. The summed E-state index contributed by atoms with van der Waals surface area (Å²) in [6.45, 7) is 14.0. The number of rotatable bonds is 3. The highest BCUT2D eigenvalue weighted by atomic mass is 16.5. The van der Waals surface area contributed by atoms with E-state index in [4.69, 9.17) is 4.74 Å². The molecule has 29 heavy (non-hydrogen) atoms. The van der Waals surface area contributed by atoms with Gasteiger partial charge in [-0.15, -0.1) is 6.58 Å². The van der Waals surface area contributed by atoms with E-state index in [0.29, 0.717) is 29.0 Å². The number of fused-ring (bicyclic) bond motifs is 7. The molecule has 0 radical (unpaired) electrons. The van der Waals surface area contributed by atoms with Gasteiger partial charge in [-0.25, -0.2) is 0 Å². The number of hydrogen-bond donors (Lipinski definition) is 1. The lowest BCUT2D eigenvalue weighted by molar-refractivity contribution is -0.130. The Morgan fingerprint density at radius 3 is 2.55 bits per heavy atom. The van der Waals surface area contributed by atoms with E-state index in [1.165, 1.54) is 50.5 Å². The lowest BCUT2D eigenvalue weighted by Crippen LogP contribution is -2.54. The zero-order chi connectivity index (χ0) is 20.6. The first-order valence-electron chi connectivity index (χ1n) is 12.7. The van der Waals surface area contributed by atoms with E-state index in [-0.39, 0.29) is 6.10 Å². The Morgan fingerprint density at radius 1 is 1.03 bits per heavy atom. The molecule has 0 spiro atoms. The summed E-state index contributed by atoms with van der Waals surface area (Å²) in [5.74, 6) is 4.88. The summed E-state index contributed by atoms with van der Waals surface area (Å²) in [7, 11) is 0. The molecule has 0 aromatic heterocycles. The molecule has 4 aliphatic carbocycles. The van der Waals surface area contributed by atoms with Gasteiger partial charge in [-0.05, 0) is 117 Å². The predicted octanol–water partition coefficient (Wildman–Crippen LogP) is 6.38. The number of aliphatic hydroxyl groups is 1. The average molecular weight is 401 g/mol. The molecule has 0 amide bonds. The minimum atomic E-state index is -0.0327. The molecular formula is C27H44O2. The second kappa shape index (κ2) is 7.09. The first-order valence-corrected chi connectivity index (χ1v) is 12.7. The normalized spacial score (nSPS) is 56.2. The van der Waals surface area contributed by atoms with Crippen LogP contribution in [0.4, 0.5) is 0 Å². The van der Waals surface area contributed by atoms with E-state index in [1.54, 1.807) is 0 Å². The number of hydrogen-bond acceptors (Lipinski definition) is 2. The molecule has 164 valence electrons. The van der Waals surface area contributed by atoms with Crippen LogP contribution in [0.15, 0.2) is 12.2 Å². The van der Waals surface area contributed by atoms with Crippen LogP contribution in [0.1, 0.15) is 91.9 Å². The molecule has 0 aromatic rings. The fraction of sp³-hybridized carbons (Fsp3) is 0.926. The third kappa shape index (κ3) is 3.02. The van der Waals surface area contributed by atoms with Gasteiger partial charge in [-0.1, -0.05) is 26.3 Å². The predicted molar refractivity (Wildman–Crippen MR) is 118 cm³/mol. The third-order valence-electron chi connectivity index (χ3n) is 11.1. The van der Waals surface area contributed by atoms with Crippen LogP contribution >= 0.6 is 0 Å². The van der Waals surface area contributed by atoms with Crippen molar-refractivity contribution in [1.82, 2.24) is 0 Å². The van der Waals surface area contributed by atoms with Gasteiger partial charge in [0, 0.05) is 0 Å². The van der Waals surface area contributed by atoms with Crippen LogP contribution in [0.5, 0.6) is 0 Å². The molecule has 3 unspecified atom stereocenters. The molecule has 0 bridgehead atoms. The second-order valence-corrected chi connectivity index (χ2v) is 12.5. The van der Waals surface area contributed by atoms with Gasteiger partial charge in [-0.3, -0.25) is 0 Å². The number of ether oxygens (including phenoxy) is 1. The lowest BCUT2D eigenvalue weighted by atomic mass is 9.44. The lowest BCUT2D eigenvalue weighted by Gasteiger charge is -2.61. The van der Waals surface area contributed by atoms with Gasteiger partial charge in [0.05, 0.1) is 18.3 Å². The molecule has 4 saturated carbocycles. The summed E-state index contributed by atoms with van der Waals surface area (Å²) in [5.41, 5.74) is 2.27. The van der Waals surface area contributed by atoms with Crippen molar-refractivity contribution in [2.24, 2.45) is 46.3 Å². The highest BCUT2D eigenvalue weighted by Crippen LogP contribution is 2.70. The second-order valence-electron chi connectivity index (χ2n) is 12.5. The Bertz CT molecular complexity index is 657. The first kappa shape index (κ1) is 20.6. The minimum Gasteiger partial charge on any atom is -0.393 e.